The SMILES string of the molecule is CC1(C)c2ccccc2-c2ccc(N(c3ccc(-c4ccc(-c5ccccc5)cc4)cc3)c3ccc(C4C=CC(c5ccc6oc7ccccc7c6c5)=CC4)cc3)cc21. The average Bonchev–Trinajstić information content (AvgIpc) is 3.78. The number of benzene rings is 8. The number of rotatable bonds is 7. The minimum Gasteiger partial charge on any atom is -0.456 e. The van der Waals surface area contributed by atoms with Crippen molar-refractivity contribution in [2.24, 2.45) is 0 Å². The Morgan fingerprint density at radius 2 is 1.05 bits per heavy atom. The van der Waals surface area contributed by atoms with Crippen molar-refractivity contribution in [1.29, 1.82) is 0 Å². The lowest BCUT2D eigenvalue weighted by atomic mass is 9.82. The van der Waals surface area contributed by atoms with Crippen LogP contribution in [0.25, 0.3) is 60.9 Å². The van der Waals surface area contributed by atoms with Crippen LogP contribution in [0.15, 0.2) is 211 Å². The lowest BCUT2D eigenvalue weighted by molar-refractivity contribution is 0.660. The number of furan rings is 1. The summed E-state index contributed by atoms with van der Waals surface area (Å²) in [5, 5.41) is 2.33. The van der Waals surface area contributed by atoms with Gasteiger partial charge in [-0.2, -0.15) is 0 Å². The third kappa shape index (κ3) is 6.11. The van der Waals surface area contributed by atoms with Crippen LogP contribution in [0.1, 0.15) is 48.4 Å². The number of para-hydroxylation sites is 1. The molecule has 0 saturated carbocycles. The van der Waals surface area contributed by atoms with Gasteiger partial charge in [-0.25, -0.2) is 0 Å². The van der Waals surface area contributed by atoms with Crippen LogP contribution in [-0.2, 0) is 5.41 Å². The summed E-state index contributed by atoms with van der Waals surface area (Å²) in [5.41, 5.74) is 19.3. The van der Waals surface area contributed by atoms with Gasteiger partial charge in [0.25, 0.3) is 0 Å². The first-order valence-electron chi connectivity index (χ1n) is 20.7. The molecule has 0 N–H and O–H groups in total. The highest BCUT2D eigenvalue weighted by Crippen LogP contribution is 2.51. The van der Waals surface area contributed by atoms with E-state index in [0.29, 0.717) is 5.92 Å². The van der Waals surface area contributed by atoms with Crippen LogP contribution in [0, 0.1) is 0 Å². The fourth-order valence-electron chi connectivity index (χ4n) is 9.43. The lowest BCUT2D eigenvalue weighted by Crippen LogP contribution is -2.16. The van der Waals surface area contributed by atoms with E-state index in [2.05, 4.69) is 213 Å². The highest BCUT2D eigenvalue weighted by Gasteiger charge is 2.35. The molecule has 1 heterocycles. The van der Waals surface area contributed by atoms with Crippen LogP contribution in [0.4, 0.5) is 17.1 Å². The zero-order valence-corrected chi connectivity index (χ0v) is 33.3. The molecule has 11 rings (SSSR count). The van der Waals surface area contributed by atoms with E-state index in [1.165, 1.54) is 66.6 Å². The van der Waals surface area contributed by atoms with E-state index in [9.17, 15) is 0 Å². The zero-order chi connectivity index (χ0) is 39.5. The Morgan fingerprint density at radius 3 is 1.78 bits per heavy atom. The second-order valence-corrected chi connectivity index (χ2v) is 16.5. The van der Waals surface area contributed by atoms with Gasteiger partial charge in [0.2, 0.25) is 0 Å². The Hall–Kier alpha value is -7.16. The van der Waals surface area contributed by atoms with E-state index in [1.807, 2.05) is 12.1 Å². The van der Waals surface area contributed by atoms with Crippen LogP contribution in [0.3, 0.4) is 0 Å². The molecule has 2 heteroatoms. The first kappa shape index (κ1) is 35.0. The van der Waals surface area contributed by atoms with Gasteiger partial charge in [-0.3, -0.25) is 0 Å². The van der Waals surface area contributed by atoms with Gasteiger partial charge < -0.3 is 9.32 Å². The molecule has 2 nitrogen and oxygen atoms in total. The van der Waals surface area contributed by atoms with Crippen molar-refractivity contribution in [1.82, 2.24) is 0 Å². The molecule has 2 aliphatic rings. The predicted molar refractivity (Wildman–Crippen MR) is 248 cm³/mol. The maximum absolute atomic E-state index is 6.09. The van der Waals surface area contributed by atoms with Crippen molar-refractivity contribution < 1.29 is 4.42 Å². The molecule has 59 heavy (non-hydrogen) atoms. The molecule has 282 valence electrons. The first-order chi connectivity index (χ1) is 29.0. The molecule has 1 unspecified atom stereocenters. The van der Waals surface area contributed by atoms with E-state index in [0.717, 1.165) is 40.0 Å². The molecule has 1 atom stereocenters. The topological polar surface area (TPSA) is 16.4 Å². The van der Waals surface area contributed by atoms with Crippen molar-refractivity contribution >= 4 is 44.6 Å². The van der Waals surface area contributed by atoms with Crippen LogP contribution in [0.2, 0.25) is 0 Å². The molecule has 0 amide bonds. The zero-order valence-electron chi connectivity index (χ0n) is 33.3. The van der Waals surface area contributed by atoms with Gasteiger partial charge >= 0.3 is 0 Å². The van der Waals surface area contributed by atoms with E-state index in [-0.39, 0.29) is 5.41 Å². The third-order valence-corrected chi connectivity index (χ3v) is 12.7. The van der Waals surface area contributed by atoms with Crippen LogP contribution >= 0.6 is 0 Å². The largest absolute Gasteiger partial charge is 0.456 e. The third-order valence-electron chi connectivity index (χ3n) is 12.7. The van der Waals surface area contributed by atoms with Crippen LogP contribution in [0.5, 0.6) is 0 Å². The van der Waals surface area contributed by atoms with Gasteiger partial charge in [0, 0.05) is 39.2 Å². The monoisotopic (exact) mass is 757 g/mol. The highest BCUT2D eigenvalue weighted by atomic mass is 16.3. The Labute approximate surface area is 346 Å². The molecule has 2 aliphatic carbocycles. The summed E-state index contributed by atoms with van der Waals surface area (Å²) in [6.45, 7) is 4.71. The van der Waals surface area contributed by atoms with Gasteiger partial charge in [0.1, 0.15) is 11.2 Å². The summed E-state index contributed by atoms with van der Waals surface area (Å²) in [7, 11) is 0. The first-order valence-corrected chi connectivity index (χ1v) is 20.7. The van der Waals surface area contributed by atoms with Crippen molar-refractivity contribution in [2.75, 3.05) is 4.90 Å². The highest BCUT2D eigenvalue weighted by molar-refractivity contribution is 6.06. The molecule has 0 spiro atoms. The Bertz CT molecular complexity index is 3070. The minimum absolute atomic E-state index is 0.0923. The van der Waals surface area contributed by atoms with Gasteiger partial charge in [0.15, 0.2) is 0 Å². The van der Waals surface area contributed by atoms with Crippen LogP contribution < -0.4 is 4.90 Å². The molecule has 1 aromatic heterocycles. The Balaban J connectivity index is 0.902. The number of anilines is 3. The van der Waals surface area contributed by atoms with E-state index in [1.54, 1.807) is 0 Å². The lowest BCUT2D eigenvalue weighted by Gasteiger charge is -2.28. The molecular weight excluding hydrogens is 715 g/mol. The Kier molecular flexibility index (Phi) is 8.34. The van der Waals surface area contributed by atoms with Crippen molar-refractivity contribution in [3.05, 3.63) is 229 Å². The molecule has 0 bridgehead atoms. The van der Waals surface area contributed by atoms with E-state index in [4.69, 9.17) is 4.42 Å². The van der Waals surface area contributed by atoms with Gasteiger partial charge in [-0.05, 0) is 122 Å². The standard InChI is InChI=1S/C57H43NO/c1-57(2)53-14-8-6-12-49(53)50-34-33-48(37-54(50)57)58(46-29-24-42(25-30-46)40-18-16-39(17-19-40)38-10-4-3-5-11-38)47-31-26-43(27-32-47)41-20-22-44(23-21-41)45-28-35-56-52(36-45)51-13-7-9-15-55(51)59-56/h3-20,22-37,41H,21H2,1-2H3. The summed E-state index contributed by atoms with van der Waals surface area (Å²) in [6, 6.07) is 68.5. The molecule has 0 saturated heterocycles. The van der Waals surface area contributed by atoms with Crippen molar-refractivity contribution in [2.45, 2.75) is 31.6 Å². The summed E-state index contributed by atoms with van der Waals surface area (Å²) in [4.78, 5) is 2.41. The maximum atomic E-state index is 6.09. The minimum atomic E-state index is -0.0923. The molecule has 8 aromatic carbocycles. The molecule has 0 radical (unpaired) electrons. The van der Waals surface area contributed by atoms with E-state index < -0.39 is 0 Å². The van der Waals surface area contributed by atoms with Gasteiger partial charge in [-0.15, -0.1) is 0 Å². The summed E-state index contributed by atoms with van der Waals surface area (Å²) in [5.74, 6) is 0.312. The van der Waals surface area contributed by atoms with Crippen LogP contribution in [-0.4, -0.2) is 0 Å². The number of fused-ring (bicyclic) bond motifs is 6. The van der Waals surface area contributed by atoms with Crippen molar-refractivity contribution in [3.8, 4) is 33.4 Å². The fourth-order valence-corrected chi connectivity index (χ4v) is 9.43. The van der Waals surface area contributed by atoms with E-state index >= 15 is 0 Å². The summed E-state index contributed by atoms with van der Waals surface area (Å²) < 4.78 is 6.09. The normalized spacial score (nSPS) is 15.2. The number of nitrogens with zero attached hydrogens (tertiary/aromatic N) is 1. The number of hydrogen-bond donors (Lipinski definition) is 0. The van der Waals surface area contributed by atoms with Gasteiger partial charge in [-0.1, -0.05) is 166 Å². The summed E-state index contributed by atoms with van der Waals surface area (Å²) >= 11 is 0. The second-order valence-electron chi connectivity index (χ2n) is 16.5. The molecule has 9 aromatic rings. The second kappa shape index (κ2) is 14.0. The average molecular weight is 758 g/mol. The molecule has 0 aliphatic heterocycles. The molecule has 0 fully saturated rings. The predicted octanol–water partition coefficient (Wildman–Crippen LogP) is 15.8. The maximum Gasteiger partial charge on any atom is 0.135 e. The number of hydrogen-bond acceptors (Lipinski definition) is 2. The summed E-state index contributed by atoms with van der Waals surface area (Å²) in [6.07, 6.45) is 7.99. The molecular formula is C57H43NO. The fraction of sp³-hybridized carbons (Fsp3) is 0.0877. The quantitative estimate of drug-likeness (QED) is 0.161. The number of allylic oxidation sites excluding steroid dienone is 4. The van der Waals surface area contributed by atoms with Gasteiger partial charge in [0.05, 0.1) is 0 Å². The Morgan fingerprint density at radius 1 is 0.475 bits per heavy atom. The smallest absolute Gasteiger partial charge is 0.135 e. The van der Waals surface area contributed by atoms with Crippen molar-refractivity contribution in [3.63, 3.8) is 0 Å².